The number of nitrogens with zero attached hydrogens (tertiary/aromatic N) is 1. The van der Waals surface area contributed by atoms with Gasteiger partial charge in [0.25, 0.3) is 0 Å². The summed E-state index contributed by atoms with van der Waals surface area (Å²) in [5, 5.41) is 5.59. The lowest BCUT2D eigenvalue weighted by Gasteiger charge is -2.35. The fraction of sp³-hybridized carbons (Fsp3) is 0.130. The standard InChI is InChI=1S/C23H15Cl2NO3/c24-16-9-5-14(6-10-16)20-21(15-7-11-17(25)12-8-15)26-29-23(20)13-28-19-4-2-1-3-18(19)22(23)27/h1-12,20H,13H2/t20-,23-/m1/s1. The van der Waals surface area contributed by atoms with Crippen LogP contribution in [0.1, 0.15) is 27.4 Å². The van der Waals surface area contributed by atoms with Crippen LogP contribution < -0.4 is 4.74 Å². The molecule has 4 nitrogen and oxygen atoms in total. The van der Waals surface area contributed by atoms with Crippen LogP contribution in [0, 0.1) is 0 Å². The molecule has 0 N–H and O–H groups in total. The Kier molecular flexibility index (Phi) is 4.34. The van der Waals surface area contributed by atoms with Crippen molar-refractivity contribution in [3.8, 4) is 5.75 Å². The smallest absolute Gasteiger partial charge is 0.245 e. The third kappa shape index (κ3) is 2.91. The first-order valence-electron chi connectivity index (χ1n) is 9.12. The van der Waals surface area contributed by atoms with Gasteiger partial charge in [-0.3, -0.25) is 4.79 Å². The Balaban J connectivity index is 1.65. The molecule has 2 heterocycles. The highest BCUT2D eigenvalue weighted by atomic mass is 35.5. The minimum absolute atomic E-state index is 0.0662. The van der Waals surface area contributed by atoms with E-state index in [1.54, 1.807) is 36.4 Å². The van der Waals surface area contributed by atoms with Gasteiger partial charge in [-0.15, -0.1) is 0 Å². The minimum atomic E-state index is -1.28. The summed E-state index contributed by atoms with van der Waals surface area (Å²) < 4.78 is 5.94. The molecule has 2 atom stereocenters. The van der Waals surface area contributed by atoms with Crippen molar-refractivity contribution in [3.63, 3.8) is 0 Å². The Morgan fingerprint density at radius 2 is 1.55 bits per heavy atom. The summed E-state index contributed by atoms with van der Waals surface area (Å²) in [6.45, 7) is 0.0662. The molecule has 0 bridgehead atoms. The van der Waals surface area contributed by atoms with Crippen LogP contribution in [0.4, 0.5) is 0 Å². The fourth-order valence-electron chi connectivity index (χ4n) is 3.92. The molecule has 3 aromatic carbocycles. The molecule has 5 rings (SSSR count). The molecule has 0 saturated carbocycles. The summed E-state index contributed by atoms with van der Waals surface area (Å²) in [5.41, 5.74) is 1.57. The monoisotopic (exact) mass is 423 g/mol. The summed E-state index contributed by atoms with van der Waals surface area (Å²) >= 11 is 12.1. The second-order valence-corrected chi connectivity index (χ2v) is 7.94. The molecular weight excluding hydrogens is 409 g/mol. The number of ketones is 1. The number of carbonyl (C=O) groups excluding carboxylic acids is 1. The summed E-state index contributed by atoms with van der Waals surface area (Å²) in [4.78, 5) is 19.5. The third-order valence-electron chi connectivity index (χ3n) is 5.35. The molecule has 0 radical (unpaired) electrons. The molecule has 0 amide bonds. The summed E-state index contributed by atoms with van der Waals surface area (Å²) in [6.07, 6.45) is 0. The van der Waals surface area contributed by atoms with E-state index in [4.69, 9.17) is 32.8 Å². The lowest BCUT2D eigenvalue weighted by molar-refractivity contribution is -0.0431. The van der Waals surface area contributed by atoms with E-state index in [2.05, 4.69) is 5.16 Å². The zero-order valence-electron chi connectivity index (χ0n) is 15.1. The van der Waals surface area contributed by atoms with Crippen molar-refractivity contribution in [1.82, 2.24) is 0 Å². The summed E-state index contributed by atoms with van der Waals surface area (Å²) in [5.74, 6) is -0.0460. The van der Waals surface area contributed by atoms with Gasteiger partial charge in [-0.25, -0.2) is 0 Å². The maximum atomic E-state index is 13.6. The molecule has 29 heavy (non-hydrogen) atoms. The van der Waals surface area contributed by atoms with E-state index in [1.165, 1.54) is 0 Å². The number of ether oxygens (including phenoxy) is 1. The van der Waals surface area contributed by atoms with E-state index in [0.29, 0.717) is 27.1 Å². The molecule has 0 aromatic heterocycles. The number of hydrogen-bond donors (Lipinski definition) is 0. The number of fused-ring (bicyclic) bond motifs is 1. The number of halogens is 2. The van der Waals surface area contributed by atoms with Gasteiger partial charge in [0.2, 0.25) is 11.4 Å². The molecule has 144 valence electrons. The molecule has 0 saturated heterocycles. The number of benzene rings is 3. The van der Waals surface area contributed by atoms with Crippen molar-refractivity contribution in [2.75, 3.05) is 6.61 Å². The fourth-order valence-corrected chi connectivity index (χ4v) is 4.17. The summed E-state index contributed by atoms with van der Waals surface area (Å²) in [7, 11) is 0. The molecule has 2 aliphatic heterocycles. The van der Waals surface area contributed by atoms with Gasteiger partial charge >= 0.3 is 0 Å². The van der Waals surface area contributed by atoms with Crippen molar-refractivity contribution in [3.05, 3.63) is 99.5 Å². The largest absolute Gasteiger partial charge is 0.488 e. The predicted molar refractivity (Wildman–Crippen MR) is 112 cm³/mol. The molecule has 0 unspecified atom stereocenters. The zero-order chi connectivity index (χ0) is 20.0. The molecule has 0 fully saturated rings. The lowest BCUT2D eigenvalue weighted by atomic mass is 9.73. The molecule has 6 heteroatoms. The SMILES string of the molecule is O=C1c2ccccc2OC[C@]12ON=C(c1ccc(Cl)cc1)[C@H]2c1ccc(Cl)cc1. The summed E-state index contributed by atoms with van der Waals surface area (Å²) in [6, 6.07) is 21.9. The molecular formula is C23H15Cl2NO3. The average Bonchev–Trinajstić information content (AvgIpc) is 3.12. The van der Waals surface area contributed by atoms with Crippen LogP contribution >= 0.6 is 23.2 Å². The highest BCUT2D eigenvalue weighted by Gasteiger charge is 2.58. The maximum absolute atomic E-state index is 13.6. The van der Waals surface area contributed by atoms with Crippen molar-refractivity contribution in [1.29, 1.82) is 0 Å². The van der Waals surface area contributed by atoms with Gasteiger partial charge in [-0.05, 0) is 42.0 Å². The van der Waals surface area contributed by atoms with Crippen LogP contribution in [0.5, 0.6) is 5.75 Å². The average molecular weight is 424 g/mol. The third-order valence-corrected chi connectivity index (χ3v) is 5.85. The van der Waals surface area contributed by atoms with Gasteiger partial charge in [-0.1, -0.05) is 64.8 Å². The van der Waals surface area contributed by atoms with Crippen LogP contribution in [-0.4, -0.2) is 23.7 Å². The highest BCUT2D eigenvalue weighted by Crippen LogP contribution is 2.46. The van der Waals surface area contributed by atoms with Gasteiger partial charge in [0.05, 0.1) is 17.2 Å². The van der Waals surface area contributed by atoms with E-state index in [0.717, 1.165) is 11.1 Å². The second kappa shape index (κ2) is 6.90. The minimum Gasteiger partial charge on any atom is -0.488 e. The Hall–Kier alpha value is -2.82. The second-order valence-electron chi connectivity index (χ2n) is 7.06. The Labute approximate surface area is 177 Å². The van der Waals surface area contributed by atoms with Crippen molar-refractivity contribution < 1.29 is 14.4 Å². The van der Waals surface area contributed by atoms with Gasteiger partial charge in [-0.2, -0.15) is 0 Å². The lowest BCUT2D eigenvalue weighted by Crippen LogP contribution is -2.52. The number of rotatable bonds is 2. The van der Waals surface area contributed by atoms with Crippen LogP contribution in [0.15, 0.2) is 78.0 Å². The highest BCUT2D eigenvalue weighted by molar-refractivity contribution is 6.31. The van der Waals surface area contributed by atoms with Crippen LogP contribution in [0.2, 0.25) is 10.0 Å². The van der Waals surface area contributed by atoms with Crippen LogP contribution in [0.25, 0.3) is 0 Å². The molecule has 0 aliphatic carbocycles. The first kappa shape index (κ1) is 18.2. The van der Waals surface area contributed by atoms with Crippen molar-refractivity contribution >= 4 is 34.7 Å². The first-order valence-corrected chi connectivity index (χ1v) is 9.88. The van der Waals surface area contributed by atoms with Gasteiger partial charge in [0.15, 0.2) is 0 Å². The van der Waals surface area contributed by atoms with Crippen LogP contribution in [-0.2, 0) is 4.84 Å². The van der Waals surface area contributed by atoms with E-state index >= 15 is 0 Å². The molecule has 2 aliphatic rings. The molecule has 3 aromatic rings. The number of hydrogen-bond acceptors (Lipinski definition) is 4. The number of para-hydroxylation sites is 1. The topological polar surface area (TPSA) is 47.9 Å². The predicted octanol–water partition coefficient (Wildman–Crippen LogP) is 5.53. The zero-order valence-corrected chi connectivity index (χ0v) is 16.7. The maximum Gasteiger partial charge on any atom is 0.245 e. The van der Waals surface area contributed by atoms with Crippen molar-refractivity contribution in [2.45, 2.75) is 11.5 Å². The van der Waals surface area contributed by atoms with E-state index in [9.17, 15) is 4.79 Å². The van der Waals surface area contributed by atoms with E-state index in [-0.39, 0.29) is 12.4 Å². The van der Waals surface area contributed by atoms with Gasteiger partial charge in [0.1, 0.15) is 12.4 Å². The quantitative estimate of drug-likeness (QED) is 0.544. The number of Topliss-reactive ketones (excluding diaryl/α,β-unsaturated/α-hetero) is 1. The first-order chi connectivity index (χ1) is 14.1. The van der Waals surface area contributed by atoms with Gasteiger partial charge < -0.3 is 9.57 Å². The number of carbonyl (C=O) groups is 1. The van der Waals surface area contributed by atoms with Crippen LogP contribution in [0.3, 0.4) is 0 Å². The number of oxime groups is 1. The van der Waals surface area contributed by atoms with E-state index in [1.807, 2.05) is 36.4 Å². The Morgan fingerprint density at radius 1 is 0.897 bits per heavy atom. The van der Waals surface area contributed by atoms with Gasteiger partial charge in [0, 0.05) is 15.6 Å². The van der Waals surface area contributed by atoms with E-state index < -0.39 is 11.5 Å². The normalized spacial score (nSPS) is 22.6. The Bertz CT molecular complexity index is 1130. The molecule has 1 spiro atoms. The van der Waals surface area contributed by atoms with Crippen molar-refractivity contribution in [2.24, 2.45) is 5.16 Å². The Morgan fingerprint density at radius 3 is 2.28 bits per heavy atom.